The van der Waals surface area contributed by atoms with Crippen LogP contribution in [0.4, 0.5) is 5.13 Å². The first-order chi connectivity index (χ1) is 13.0. The first-order valence-electron chi connectivity index (χ1n) is 9.30. The summed E-state index contributed by atoms with van der Waals surface area (Å²) in [6, 6.07) is 13.4. The Morgan fingerprint density at radius 3 is 2.67 bits per heavy atom. The Balaban J connectivity index is 1.96. The second-order valence-electron chi connectivity index (χ2n) is 6.64. The van der Waals surface area contributed by atoms with Crippen molar-refractivity contribution in [2.24, 2.45) is 0 Å². The summed E-state index contributed by atoms with van der Waals surface area (Å²) in [6.45, 7) is 9.95. The van der Waals surface area contributed by atoms with Crippen molar-refractivity contribution in [1.82, 2.24) is 4.98 Å². The monoisotopic (exact) mass is 402 g/mol. The first-order valence-corrected chi connectivity index (χ1v) is 10.5. The second kappa shape index (κ2) is 8.83. The zero-order chi connectivity index (χ0) is 19.4. The molecule has 0 atom stereocenters. The summed E-state index contributed by atoms with van der Waals surface area (Å²) in [5, 5.41) is 1.41. The molecule has 1 N–H and O–H groups in total. The highest BCUT2D eigenvalue weighted by Crippen LogP contribution is 2.31. The molecule has 0 unspecified atom stereocenters. The number of benzene rings is 2. The lowest BCUT2D eigenvalue weighted by Gasteiger charge is -2.23. The van der Waals surface area contributed by atoms with Gasteiger partial charge in [-0.2, -0.15) is 0 Å². The van der Waals surface area contributed by atoms with Crippen molar-refractivity contribution in [3.63, 3.8) is 0 Å². The van der Waals surface area contributed by atoms with E-state index in [1.165, 1.54) is 16.2 Å². The molecule has 6 heteroatoms. The van der Waals surface area contributed by atoms with Gasteiger partial charge < -0.3 is 4.90 Å². The van der Waals surface area contributed by atoms with Crippen LogP contribution < -0.4 is 9.80 Å². The molecule has 0 aliphatic rings. The van der Waals surface area contributed by atoms with Crippen molar-refractivity contribution in [3.8, 4) is 0 Å². The highest BCUT2D eigenvalue weighted by Gasteiger charge is 2.23. The number of anilines is 1. The molecule has 3 aromatic rings. The van der Waals surface area contributed by atoms with Gasteiger partial charge in [-0.1, -0.05) is 40.6 Å². The average Bonchev–Trinajstić information content (AvgIpc) is 3.07. The SMILES string of the molecule is CC[NH+](CC)CCN(C(=O)c1cccc(C)c1)c1nc2ccc(Cl)cc2s1. The van der Waals surface area contributed by atoms with E-state index in [1.807, 2.05) is 54.3 Å². The number of carbonyl (C=O) groups is 1. The van der Waals surface area contributed by atoms with Crippen LogP contribution in [0.2, 0.25) is 5.02 Å². The normalized spacial score (nSPS) is 11.3. The molecular formula is C21H25ClN3OS+. The number of fused-ring (bicyclic) bond motifs is 1. The molecule has 27 heavy (non-hydrogen) atoms. The van der Waals surface area contributed by atoms with E-state index in [2.05, 4.69) is 13.8 Å². The molecule has 3 rings (SSSR count). The van der Waals surface area contributed by atoms with E-state index >= 15 is 0 Å². The number of hydrogen-bond acceptors (Lipinski definition) is 3. The molecule has 0 radical (unpaired) electrons. The van der Waals surface area contributed by atoms with Crippen LogP contribution in [0.1, 0.15) is 29.8 Å². The molecular weight excluding hydrogens is 378 g/mol. The van der Waals surface area contributed by atoms with Crippen molar-refractivity contribution in [1.29, 1.82) is 0 Å². The Morgan fingerprint density at radius 2 is 1.96 bits per heavy atom. The minimum absolute atomic E-state index is 0.00425. The maximum absolute atomic E-state index is 13.3. The van der Waals surface area contributed by atoms with Gasteiger partial charge in [0.05, 0.1) is 36.4 Å². The van der Waals surface area contributed by atoms with E-state index in [0.717, 1.165) is 40.5 Å². The molecule has 0 fully saturated rings. The smallest absolute Gasteiger partial charge is 0.260 e. The van der Waals surface area contributed by atoms with Crippen LogP contribution in [-0.2, 0) is 0 Å². The number of thiazole rings is 1. The van der Waals surface area contributed by atoms with E-state index < -0.39 is 0 Å². The Labute approximate surface area is 169 Å². The highest BCUT2D eigenvalue weighted by molar-refractivity contribution is 7.22. The number of aryl methyl sites for hydroxylation is 1. The molecule has 1 heterocycles. The predicted octanol–water partition coefficient (Wildman–Crippen LogP) is 3.83. The summed E-state index contributed by atoms with van der Waals surface area (Å²) in [7, 11) is 0. The van der Waals surface area contributed by atoms with Gasteiger partial charge in [0.2, 0.25) is 0 Å². The molecule has 1 amide bonds. The number of amides is 1. The maximum atomic E-state index is 13.3. The third kappa shape index (κ3) is 4.67. The third-order valence-electron chi connectivity index (χ3n) is 4.77. The van der Waals surface area contributed by atoms with E-state index in [0.29, 0.717) is 17.1 Å². The summed E-state index contributed by atoms with van der Waals surface area (Å²) in [5.41, 5.74) is 2.64. The number of hydrogen-bond donors (Lipinski definition) is 1. The van der Waals surface area contributed by atoms with E-state index in [9.17, 15) is 4.79 Å². The van der Waals surface area contributed by atoms with Gasteiger partial charge in [0.25, 0.3) is 5.91 Å². The van der Waals surface area contributed by atoms with Gasteiger partial charge in [-0.05, 0) is 51.1 Å². The summed E-state index contributed by atoms with van der Waals surface area (Å²) in [4.78, 5) is 21.3. The summed E-state index contributed by atoms with van der Waals surface area (Å²) >= 11 is 7.63. The van der Waals surface area contributed by atoms with Gasteiger partial charge in [-0.3, -0.25) is 9.69 Å². The van der Waals surface area contributed by atoms with Crippen LogP contribution in [0.3, 0.4) is 0 Å². The number of rotatable bonds is 7. The quantitative estimate of drug-likeness (QED) is 0.652. The maximum Gasteiger partial charge on any atom is 0.260 e. The van der Waals surface area contributed by atoms with Crippen LogP contribution >= 0.6 is 22.9 Å². The van der Waals surface area contributed by atoms with E-state index in [-0.39, 0.29) is 5.91 Å². The van der Waals surface area contributed by atoms with E-state index in [1.54, 1.807) is 0 Å². The number of likely N-dealkylation sites (N-methyl/N-ethyl adjacent to an activating group) is 1. The van der Waals surface area contributed by atoms with Crippen molar-refractivity contribution < 1.29 is 9.69 Å². The number of carbonyl (C=O) groups excluding carboxylic acids is 1. The van der Waals surface area contributed by atoms with Gasteiger partial charge in [-0.25, -0.2) is 4.98 Å². The fourth-order valence-corrected chi connectivity index (χ4v) is 4.36. The Bertz CT molecular complexity index is 936. The third-order valence-corrected chi connectivity index (χ3v) is 6.05. The van der Waals surface area contributed by atoms with Crippen molar-refractivity contribution in [3.05, 3.63) is 58.6 Å². The van der Waals surface area contributed by atoms with Gasteiger partial charge in [0.1, 0.15) is 0 Å². The summed E-state index contributed by atoms with van der Waals surface area (Å²) in [5.74, 6) is -0.00425. The Kier molecular flexibility index (Phi) is 6.47. The number of aromatic nitrogens is 1. The number of nitrogens with zero attached hydrogens (tertiary/aromatic N) is 2. The fraction of sp³-hybridized carbons (Fsp3) is 0.333. The van der Waals surface area contributed by atoms with Crippen LogP contribution in [-0.4, -0.2) is 37.1 Å². The minimum Gasteiger partial charge on any atom is -0.334 e. The van der Waals surface area contributed by atoms with Gasteiger partial charge in [0, 0.05) is 10.6 Å². The van der Waals surface area contributed by atoms with Crippen LogP contribution in [0.25, 0.3) is 10.2 Å². The van der Waals surface area contributed by atoms with Crippen LogP contribution in [0.15, 0.2) is 42.5 Å². The van der Waals surface area contributed by atoms with Gasteiger partial charge in [0.15, 0.2) is 5.13 Å². The Hall–Kier alpha value is -1.95. The molecule has 0 aliphatic carbocycles. The summed E-state index contributed by atoms with van der Waals surface area (Å²) in [6.07, 6.45) is 0. The molecule has 4 nitrogen and oxygen atoms in total. The van der Waals surface area contributed by atoms with Crippen LogP contribution in [0.5, 0.6) is 0 Å². The minimum atomic E-state index is -0.00425. The lowest BCUT2D eigenvalue weighted by atomic mass is 10.1. The van der Waals surface area contributed by atoms with Gasteiger partial charge in [-0.15, -0.1) is 0 Å². The van der Waals surface area contributed by atoms with Crippen molar-refractivity contribution in [2.45, 2.75) is 20.8 Å². The lowest BCUT2D eigenvalue weighted by Crippen LogP contribution is -3.12. The molecule has 0 saturated heterocycles. The predicted molar refractivity (Wildman–Crippen MR) is 114 cm³/mol. The second-order valence-corrected chi connectivity index (χ2v) is 8.09. The largest absolute Gasteiger partial charge is 0.334 e. The fourth-order valence-electron chi connectivity index (χ4n) is 3.09. The molecule has 2 aromatic carbocycles. The molecule has 1 aromatic heterocycles. The lowest BCUT2D eigenvalue weighted by molar-refractivity contribution is -0.894. The average molecular weight is 403 g/mol. The molecule has 142 valence electrons. The van der Waals surface area contributed by atoms with Crippen molar-refractivity contribution >= 4 is 44.2 Å². The Morgan fingerprint density at radius 1 is 1.19 bits per heavy atom. The molecule has 0 aliphatic heterocycles. The zero-order valence-corrected chi connectivity index (χ0v) is 17.5. The number of halogens is 1. The van der Waals surface area contributed by atoms with Gasteiger partial charge >= 0.3 is 0 Å². The number of nitrogens with one attached hydrogen (secondary N) is 1. The topological polar surface area (TPSA) is 37.6 Å². The highest BCUT2D eigenvalue weighted by atomic mass is 35.5. The number of quaternary nitrogens is 1. The molecule has 0 saturated carbocycles. The van der Waals surface area contributed by atoms with E-state index in [4.69, 9.17) is 16.6 Å². The van der Waals surface area contributed by atoms with Crippen LogP contribution in [0, 0.1) is 6.92 Å². The first kappa shape index (κ1) is 19.8. The summed E-state index contributed by atoms with van der Waals surface area (Å²) < 4.78 is 0.995. The standard InChI is InChI=1S/C21H24ClN3OS/c1-4-24(5-2)11-12-25(20(26)16-8-6-7-15(3)13-16)21-23-18-10-9-17(22)14-19(18)27-21/h6-10,13-14H,4-5,11-12H2,1-3H3/p+1. The van der Waals surface area contributed by atoms with Crippen molar-refractivity contribution in [2.75, 3.05) is 31.1 Å². The molecule has 0 spiro atoms. The zero-order valence-electron chi connectivity index (χ0n) is 16.0. The molecule has 0 bridgehead atoms.